The quantitative estimate of drug-likeness (QED) is 0.150. The van der Waals surface area contributed by atoms with Gasteiger partial charge in [-0.25, -0.2) is 14.4 Å². The molecule has 0 aliphatic carbocycles. The molecule has 5 N–H and O–H groups in total. The van der Waals surface area contributed by atoms with Gasteiger partial charge in [0.05, 0.1) is 16.9 Å². The van der Waals surface area contributed by atoms with Gasteiger partial charge in [-0.1, -0.05) is 31.2 Å². The topological polar surface area (TPSA) is 211 Å². The number of amides is 4. The van der Waals surface area contributed by atoms with E-state index in [-0.39, 0.29) is 42.2 Å². The first-order valence-corrected chi connectivity index (χ1v) is 14.9. The number of para-hydroxylation sites is 1. The fourth-order valence-electron chi connectivity index (χ4n) is 5.45. The van der Waals surface area contributed by atoms with Crippen LogP contribution in [-0.4, -0.2) is 86.9 Å². The summed E-state index contributed by atoms with van der Waals surface area (Å²) >= 11 is 0. The smallest absolute Gasteiger partial charge is 0.395 e. The number of carbonyl (C=O) groups is 7. The Bertz CT molecular complexity index is 1510. The van der Waals surface area contributed by atoms with Crippen LogP contribution in [0.3, 0.4) is 0 Å². The molecular weight excluding hydrogens is 600 g/mol. The van der Waals surface area contributed by atoms with Crippen LogP contribution in [0.4, 0.5) is 11.4 Å². The zero-order valence-electron chi connectivity index (χ0n) is 25.7. The Kier molecular flexibility index (Phi) is 12.4. The minimum absolute atomic E-state index is 0.0569. The Labute approximate surface area is 265 Å². The number of likely N-dealkylation sites (tertiary alicyclic amines) is 1. The van der Waals surface area contributed by atoms with Gasteiger partial charge in [0.25, 0.3) is 0 Å². The lowest BCUT2D eigenvalue weighted by Crippen LogP contribution is -2.47. The number of carboxylic acids is 3. The molecule has 3 rings (SSSR count). The number of hydrogen-bond donors (Lipinski definition) is 5. The van der Waals surface area contributed by atoms with Gasteiger partial charge in [-0.15, -0.1) is 0 Å². The molecule has 1 aliphatic heterocycles. The third kappa shape index (κ3) is 8.89. The molecule has 246 valence electrons. The molecule has 0 aromatic heterocycles. The van der Waals surface area contributed by atoms with Crippen molar-refractivity contribution in [3.63, 3.8) is 0 Å². The summed E-state index contributed by atoms with van der Waals surface area (Å²) < 4.78 is 0. The Morgan fingerprint density at radius 3 is 2.33 bits per heavy atom. The molecule has 2 aromatic rings. The summed E-state index contributed by atoms with van der Waals surface area (Å²) in [5.74, 6) is -6.64. The molecule has 4 amide bonds. The lowest BCUT2D eigenvalue weighted by Gasteiger charge is -2.26. The van der Waals surface area contributed by atoms with Gasteiger partial charge in [0.2, 0.25) is 17.7 Å². The molecule has 0 spiro atoms. The maximum absolute atomic E-state index is 13.0. The van der Waals surface area contributed by atoms with Crippen LogP contribution in [0.15, 0.2) is 42.5 Å². The summed E-state index contributed by atoms with van der Waals surface area (Å²) in [4.78, 5) is 87.4. The third-order valence-electron chi connectivity index (χ3n) is 7.64. The summed E-state index contributed by atoms with van der Waals surface area (Å²) in [5.41, 5.74) is 0.862. The van der Waals surface area contributed by atoms with Crippen LogP contribution in [0.25, 0.3) is 0 Å². The summed E-state index contributed by atoms with van der Waals surface area (Å²) in [6.45, 7) is 3.67. The highest BCUT2D eigenvalue weighted by Gasteiger charge is 2.33. The molecule has 1 heterocycles. The minimum Gasteiger partial charge on any atom is -0.480 e. The number of nitrogens with one attached hydrogen (secondary N) is 2. The van der Waals surface area contributed by atoms with Crippen molar-refractivity contribution in [2.75, 3.05) is 18.0 Å². The van der Waals surface area contributed by atoms with Gasteiger partial charge in [0, 0.05) is 32.9 Å². The largest absolute Gasteiger partial charge is 0.480 e. The van der Waals surface area contributed by atoms with Gasteiger partial charge in [0.1, 0.15) is 12.1 Å². The maximum Gasteiger partial charge on any atom is 0.395 e. The fraction of sp³-hybridized carbons (Fsp3) is 0.406. The number of carboxylic acid groups (broad SMARTS) is 3. The van der Waals surface area contributed by atoms with Crippen molar-refractivity contribution in [2.45, 2.75) is 70.9 Å². The van der Waals surface area contributed by atoms with E-state index < -0.39 is 47.7 Å². The number of unbranched alkanes of at least 4 members (excludes halogenated alkanes) is 1. The van der Waals surface area contributed by atoms with Gasteiger partial charge < -0.3 is 30.9 Å². The molecule has 14 heteroatoms. The molecule has 1 saturated heterocycles. The number of anilines is 2. The van der Waals surface area contributed by atoms with Gasteiger partial charge in [-0.05, 0) is 61.4 Å². The van der Waals surface area contributed by atoms with Crippen molar-refractivity contribution >= 4 is 52.9 Å². The highest BCUT2D eigenvalue weighted by Crippen LogP contribution is 2.33. The number of aliphatic carboxylic acids is 2. The molecule has 2 aromatic carbocycles. The van der Waals surface area contributed by atoms with E-state index in [1.54, 1.807) is 19.1 Å². The molecule has 46 heavy (non-hydrogen) atoms. The highest BCUT2D eigenvalue weighted by atomic mass is 16.4. The normalized spacial score (nSPS) is 14.7. The second kappa shape index (κ2) is 16.2. The highest BCUT2D eigenvalue weighted by molar-refractivity contribution is 6.39. The first-order valence-electron chi connectivity index (χ1n) is 14.9. The number of hydrogen-bond acceptors (Lipinski definition) is 7. The molecule has 0 bridgehead atoms. The lowest BCUT2D eigenvalue weighted by atomic mass is 9.99. The van der Waals surface area contributed by atoms with Gasteiger partial charge in [-0.2, -0.15) is 0 Å². The predicted molar refractivity (Wildman–Crippen MR) is 165 cm³/mol. The average Bonchev–Trinajstić information content (AvgIpc) is 3.52. The minimum atomic E-state index is -1.78. The Morgan fingerprint density at radius 1 is 0.978 bits per heavy atom. The van der Waals surface area contributed by atoms with Gasteiger partial charge in [0.15, 0.2) is 0 Å². The van der Waals surface area contributed by atoms with Gasteiger partial charge in [-0.3, -0.25) is 24.1 Å². The maximum atomic E-state index is 13.0. The van der Waals surface area contributed by atoms with E-state index in [2.05, 4.69) is 10.6 Å². The monoisotopic (exact) mass is 638 g/mol. The first-order chi connectivity index (χ1) is 21.8. The van der Waals surface area contributed by atoms with Crippen LogP contribution in [0, 0.1) is 0 Å². The van der Waals surface area contributed by atoms with E-state index in [0.717, 1.165) is 4.90 Å². The summed E-state index contributed by atoms with van der Waals surface area (Å²) in [5, 5.41) is 33.9. The number of benzene rings is 2. The van der Waals surface area contributed by atoms with Crippen LogP contribution >= 0.6 is 0 Å². The SMILES string of the molecule is CCc1cc(CC(NC(C)=O)C(=O)NCCCCC(=O)N2CCC[C@@H]2C(=O)O)ccc1N(C(=O)C(=O)O)c1ccccc1C(=O)O. The van der Waals surface area contributed by atoms with Crippen LogP contribution in [0.2, 0.25) is 0 Å². The van der Waals surface area contributed by atoms with Gasteiger partial charge >= 0.3 is 23.8 Å². The van der Waals surface area contributed by atoms with E-state index >= 15 is 0 Å². The fourth-order valence-corrected chi connectivity index (χ4v) is 5.45. The Hall–Kier alpha value is -5.27. The number of aryl methyl sites for hydroxylation is 1. The van der Waals surface area contributed by atoms with Crippen LogP contribution < -0.4 is 15.5 Å². The molecular formula is C32H38N4O10. The molecule has 0 radical (unpaired) electrons. The first kappa shape index (κ1) is 35.2. The predicted octanol–water partition coefficient (Wildman–Crippen LogP) is 2.11. The van der Waals surface area contributed by atoms with Crippen LogP contribution in [-0.2, 0) is 41.6 Å². The summed E-state index contributed by atoms with van der Waals surface area (Å²) in [6.07, 6.45) is 2.49. The molecule has 2 atom stereocenters. The lowest BCUT2D eigenvalue weighted by molar-refractivity contribution is -0.148. The molecule has 1 unspecified atom stereocenters. The van der Waals surface area contributed by atoms with Crippen LogP contribution in [0.1, 0.15) is 67.4 Å². The molecule has 1 aliphatic rings. The van der Waals surface area contributed by atoms with Crippen molar-refractivity contribution in [1.29, 1.82) is 0 Å². The zero-order valence-corrected chi connectivity index (χ0v) is 25.7. The van der Waals surface area contributed by atoms with E-state index in [1.165, 1.54) is 42.2 Å². The number of rotatable bonds is 14. The Morgan fingerprint density at radius 2 is 1.70 bits per heavy atom. The van der Waals surface area contributed by atoms with Crippen LogP contribution in [0.5, 0.6) is 0 Å². The van der Waals surface area contributed by atoms with Crippen molar-refractivity contribution in [3.8, 4) is 0 Å². The van der Waals surface area contributed by atoms with E-state index in [9.17, 15) is 48.9 Å². The van der Waals surface area contributed by atoms with Crippen molar-refractivity contribution in [2.24, 2.45) is 0 Å². The molecule has 14 nitrogen and oxygen atoms in total. The summed E-state index contributed by atoms with van der Waals surface area (Å²) in [6, 6.07) is 8.48. The number of carbonyl (C=O) groups excluding carboxylic acids is 4. The Balaban J connectivity index is 1.72. The number of aromatic carboxylic acids is 1. The van der Waals surface area contributed by atoms with E-state index in [1.807, 2.05) is 0 Å². The zero-order chi connectivity index (χ0) is 34.0. The van der Waals surface area contributed by atoms with Crippen molar-refractivity contribution in [3.05, 3.63) is 59.2 Å². The molecule has 0 saturated carbocycles. The second-order valence-electron chi connectivity index (χ2n) is 10.9. The number of nitrogens with zero attached hydrogens (tertiary/aromatic N) is 2. The standard InChI is InChI=1S/C32H38N4O10/c1-3-21-17-20(13-14-24(21)36(29(40)32(45)46)25-10-5-4-9-22(25)30(41)42)18-23(34-19(2)37)28(39)33-15-7-6-12-27(38)35-16-8-11-26(35)31(43)44/h4-5,9-10,13-14,17,23,26H,3,6-8,11-12,15-16,18H2,1-2H3,(H,33,39)(H,34,37)(H,41,42)(H,43,44)(H,45,46)/t23?,26-/m1/s1. The van der Waals surface area contributed by atoms with Crippen molar-refractivity contribution in [1.82, 2.24) is 15.5 Å². The van der Waals surface area contributed by atoms with E-state index in [0.29, 0.717) is 49.8 Å². The molecule has 1 fully saturated rings. The second-order valence-corrected chi connectivity index (χ2v) is 10.9. The van der Waals surface area contributed by atoms with Crippen molar-refractivity contribution < 1.29 is 48.9 Å². The summed E-state index contributed by atoms with van der Waals surface area (Å²) in [7, 11) is 0. The average molecular weight is 639 g/mol. The van der Waals surface area contributed by atoms with E-state index in [4.69, 9.17) is 0 Å². The third-order valence-corrected chi connectivity index (χ3v) is 7.64.